The van der Waals surface area contributed by atoms with E-state index in [-0.39, 0.29) is 23.9 Å². The molecule has 21 heavy (non-hydrogen) atoms. The molecule has 1 saturated heterocycles. The number of carbonyl (C=O) groups is 3. The molecule has 2 rings (SSSR count). The van der Waals surface area contributed by atoms with Gasteiger partial charge in [-0.05, 0) is 24.6 Å². The number of urea groups is 1. The highest BCUT2D eigenvalue weighted by molar-refractivity contribution is 5.94. The van der Waals surface area contributed by atoms with Crippen LogP contribution in [0.4, 0.5) is 10.5 Å². The second-order valence-corrected chi connectivity index (χ2v) is 4.85. The largest absolute Gasteiger partial charge is 0.478 e. The fraction of sp³-hybridized carbons (Fsp3) is 0.357. The van der Waals surface area contributed by atoms with Crippen molar-refractivity contribution in [1.82, 2.24) is 10.2 Å². The number of hydrogen-bond acceptors (Lipinski definition) is 3. The average Bonchev–Trinajstić information content (AvgIpc) is 2.65. The van der Waals surface area contributed by atoms with E-state index >= 15 is 0 Å². The van der Waals surface area contributed by atoms with Gasteiger partial charge in [-0.25, -0.2) is 9.59 Å². The Labute approximate surface area is 121 Å². The van der Waals surface area contributed by atoms with E-state index in [1.165, 1.54) is 17.0 Å². The molecule has 7 heteroatoms. The van der Waals surface area contributed by atoms with Crippen molar-refractivity contribution in [3.05, 3.63) is 29.3 Å². The van der Waals surface area contributed by atoms with Crippen molar-refractivity contribution >= 4 is 23.6 Å². The van der Waals surface area contributed by atoms with Crippen LogP contribution in [0.5, 0.6) is 0 Å². The van der Waals surface area contributed by atoms with Crippen LogP contribution < -0.4 is 10.6 Å². The Morgan fingerprint density at radius 1 is 1.33 bits per heavy atom. The molecule has 1 aliphatic rings. The smallest absolute Gasteiger partial charge is 0.335 e. The number of carboxylic acid groups (broad SMARTS) is 1. The van der Waals surface area contributed by atoms with Crippen LogP contribution in [0, 0.1) is 6.92 Å². The summed E-state index contributed by atoms with van der Waals surface area (Å²) in [6.07, 6.45) is 0.265. The first-order valence-electron chi connectivity index (χ1n) is 6.64. The first kappa shape index (κ1) is 14.8. The Kier molecular flexibility index (Phi) is 4.42. The molecule has 0 saturated carbocycles. The SMILES string of the molecule is Cc1ccc(C(=O)O)cc1NC(=O)N1CCNC(=O)CC1. The number of nitrogens with one attached hydrogen (secondary N) is 2. The number of carboxylic acids is 1. The molecular formula is C14H17N3O4. The molecule has 0 unspecified atom stereocenters. The van der Waals surface area contributed by atoms with Crippen LogP contribution in [0.2, 0.25) is 0 Å². The number of aryl methyl sites for hydroxylation is 1. The average molecular weight is 291 g/mol. The standard InChI is InChI=1S/C14H17N3O4/c1-9-2-3-10(13(19)20)8-11(9)16-14(21)17-6-4-12(18)15-5-7-17/h2-3,8H,4-7H2,1H3,(H,15,18)(H,16,21)(H,19,20). The van der Waals surface area contributed by atoms with E-state index in [1.807, 2.05) is 0 Å². The van der Waals surface area contributed by atoms with Crippen LogP contribution >= 0.6 is 0 Å². The summed E-state index contributed by atoms with van der Waals surface area (Å²) in [5, 5.41) is 14.4. The minimum absolute atomic E-state index is 0.0747. The second kappa shape index (κ2) is 6.25. The zero-order chi connectivity index (χ0) is 15.4. The third kappa shape index (κ3) is 3.71. The summed E-state index contributed by atoms with van der Waals surface area (Å²) in [4.78, 5) is 35.9. The number of anilines is 1. The van der Waals surface area contributed by atoms with Gasteiger partial charge in [0.25, 0.3) is 0 Å². The van der Waals surface area contributed by atoms with Gasteiger partial charge in [0.15, 0.2) is 0 Å². The van der Waals surface area contributed by atoms with E-state index in [4.69, 9.17) is 5.11 Å². The molecule has 0 bridgehead atoms. The van der Waals surface area contributed by atoms with Crippen molar-refractivity contribution in [2.24, 2.45) is 0 Å². The highest BCUT2D eigenvalue weighted by atomic mass is 16.4. The summed E-state index contributed by atoms with van der Waals surface area (Å²) < 4.78 is 0. The molecule has 0 atom stereocenters. The van der Waals surface area contributed by atoms with Crippen LogP contribution in [0.1, 0.15) is 22.3 Å². The number of benzene rings is 1. The Morgan fingerprint density at radius 2 is 2.10 bits per heavy atom. The quantitative estimate of drug-likeness (QED) is 0.758. The lowest BCUT2D eigenvalue weighted by Gasteiger charge is -2.21. The summed E-state index contributed by atoms with van der Waals surface area (Å²) in [5.41, 5.74) is 1.35. The minimum Gasteiger partial charge on any atom is -0.478 e. The molecule has 112 valence electrons. The Bertz CT molecular complexity index is 586. The maximum atomic E-state index is 12.2. The van der Waals surface area contributed by atoms with Crippen molar-refractivity contribution in [1.29, 1.82) is 0 Å². The van der Waals surface area contributed by atoms with Crippen LogP contribution in [-0.4, -0.2) is 47.5 Å². The van der Waals surface area contributed by atoms with Gasteiger partial charge < -0.3 is 20.6 Å². The molecule has 1 aliphatic heterocycles. The van der Waals surface area contributed by atoms with E-state index < -0.39 is 5.97 Å². The number of rotatable bonds is 2. The van der Waals surface area contributed by atoms with Crippen molar-refractivity contribution in [3.8, 4) is 0 Å². The Hall–Kier alpha value is -2.57. The van der Waals surface area contributed by atoms with Gasteiger partial charge >= 0.3 is 12.0 Å². The van der Waals surface area contributed by atoms with Gasteiger partial charge in [-0.1, -0.05) is 6.07 Å². The third-order valence-corrected chi connectivity index (χ3v) is 3.33. The maximum absolute atomic E-state index is 12.2. The van der Waals surface area contributed by atoms with Gasteiger partial charge in [0, 0.05) is 31.7 Å². The summed E-state index contributed by atoms with van der Waals surface area (Å²) in [7, 11) is 0. The fourth-order valence-corrected chi connectivity index (χ4v) is 2.05. The third-order valence-electron chi connectivity index (χ3n) is 3.33. The molecule has 1 heterocycles. The number of amides is 3. The molecule has 7 nitrogen and oxygen atoms in total. The zero-order valence-electron chi connectivity index (χ0n) is 11.7. The van der Waals surface area contributed by atoms with Crippen molar-refractivity contribution in [2.45, 2.75) is 13.3 Å². The lowest BCUT2D eigenvalue weighted by Crippen LogP contribution is -2.37. The van der Waals surface area contributed by atoms with Crippen LogP contribution in [0.25, 0.3) is 0 Å². The number of carbonyl (C=O) groups excluding carboxylic acids is 2. The first-order valence-corrected chi connectivity index (χ1v) is 6.64. The van der Waals surface area contributed by atoms with E-state index in [2.05, 4.69) is 10.6 Å². The molecule has 0 aromatic heterocycles. The highest BCUT2D eigenvalue weighted by Gasteiger charge is 2.19. The van der Waals surface area contributed by atoms with Crippen LogP contribution in [-0.2, 0) is 4.79 Å². The normalized spacial score (nSPS) is 15.1. The zero-order valence-corrected chi connectivity index (χ0v) is 11.7. The van der Waals surface area contributed by atoms with Gasteiger partial charge in [0.1, 0.15) is 0 Å². The first-order chi connectivity index (χ1) is 9.97. The van der Waals surface area contributed by atoms with Crippen LogP contribution in [0.3, 0.4) is 0 Å². The predicted molar refractivity (Wildman–Crippen MR) is 76.4 cm³/mol. The number of aromatic carboxylic acids is 1. The van der Waals surface area contributed by atoms with Crippen LogP contribution in [0.15, 0.2) is 18.2 Å². The minimum atomic E-state index is -1.05. The molecule has 0 aliphatic carbocycles. The molecular weight excluding hydrogens is 274 g/mol. The summed E-state index contributed by atoms with van der Waals surface area (Å²) in [6.45, 7) is 2.97. The summed E-state index contributed by atoms with van der Waals surface area (Å²) >= 11 is 0. The maximum Gasteiger partial charge on any atom is 0.335 e. The van der Waals surface area contributed by atoms with Gasteiger partial charge in [0.05, 0.1) is 5.56 Å². The van der Waals surface area contributed by atoms with Crippen molar-refractivity contribution in [2.75, 3.05) is 25.0 Å². The lowest BCUT2D eigenvalue weighted by molar-refractivity contribution is -0.120. The van der Waals surface area contributed by atoms with E-state index in [0.717, 1.165) is 5.56 Å². The van der Waals surface area contributed by atoms with E-state index in [1.54, 1.807) is 13.0 Å². The predicted octanol–water partition coefficient (Wildman–Crippen LogP) is 1.05. The molecule has 0 radical (unpaired) electrons. The number of hydrogen-bond donors (Lipinski definition) is 3. The fourth-order valence-electron chi connectivity index (χ4n) is 2.05. The van der Waals surface area contributed by atoms with E-state index in [9.17, 15) is 14.4 Å². The van der Waals surface area contributed by atoms with Gasteiger partial charge in [0.2, 0.25) is 5.91 Å². The summed E-state index contributed by atoms with van der Waals surface area (Å²) in [6, 6.07) is 4.22. The van der Waals surface area contributed by atoms with Gasteiger partial charge in [-0.3, -0.25) is 4.79 Å². The van der Waals surface area contributed by atoms with E-state index in [0.29, 0.717) is 25.3 Å². The molecule has 1 aromatic carbocycles. The Balaban J connectivity index is 2.10. The van der Waals surface area contributed by atoms with Crippen molar-refractivity contribution < 1.29 is 19.5 Å². The monoisotopic (exact) mass is 291 g/mol. The summed E-state index contributed by atoms with van der Waals surface area (Å²) in [5.74, 6) is -1.12. The topological polar surface area (TPSA) is 98.7 Å². The molecule has 1 fully saturated rings. The molecule has 3 N–H and O–H groups in total. The second-order valence-electron chi connectivity index (χ2n) is 4.85. The molecule has 0 spiro atoms. The molecule has 3 amide bonds. The van der Waals surface area contributed by atoms with Gasteiger partial charge in [-0.15, -0.1) is 0 Å². The Morgan fingerprint density at radius 3 is 2.81 bits per heavy atom. The number of nitrogens with zero attached hydrogens (tertiary/aromatic N) is 1. The lowest BCUT2D eigenvalue weighted by atomic mass is 10.1. The van der Waals surface area contributed by atoms with Crippen molar-refractivity contribution in [3.63, 3.8) is 0 Å². The van der Waals surface area contributed by atoms with Gasteiger partial charge in [-0.2, -0.15) is 0 Å². The highest BCUT2D eigenvalue weighted by Crippen LogP contribution is 2.17. The molecule has 1 aromatic rings.